The maximum Gasteiger partial charge on any atom is 0.337 e. The van der Waals surface area contributed by atoms with Gasteiger partial charge in [0.1, 0.15) is 23.7 Å². The average molecular weight is 394 g/mol. The Bertz CT molecular complexity index is 1280. The molecule has 7 nitrogen and oxygen atoms in total. The molecule has 2 aromatic heterocycles. The number of carbonyl (C=O) groups excluding carboxylic acids is 1. The summed E-state index contributed by atoms with van der Waals surface area (Å²) in [6.45, 7) is 1.59. The van der Waals surface area contributed by atoms with Gasteiger partial charge in [-0.3, -0.25) is 0 Å². The summed E-state index contributed by atoms with van der Waals surface area (Å²) in [4.78, 5) is 24.0. The van der Waals surface area contributed by atoms with E-state index in [1.54, 1.807) is 32.2 Å². The molecule has 0 spiro atoms. The largest absolute Gasteiger partial charge is 0.493 e. The fraction of sp³-hybridized carbons (Fsp3) is 0.182. The molecule has 0 aliphatic carbocycles. The minimum absolute atomic E-state index is 0.169. The zero-order chi connectivity index (χ0) is 20.5. The van der Waals surface area contributed by atoms with Crippen LogP contribution in [0.3, 0.4) is 0 Å². The monoisotopic (exact) mass is 394 g/mol. The summed E-state index contributed by atoms with van der Waals surface area (Å²) in [6.07, 6.45) is 0. The van der Waals surface area contributed by atoms with E-state index in [1.807, 2.05) is 18.2 Å². The second kappa shape index (κ2) is 7.44. The van der Waals surface area contributed by atoms with E-state index in [-0.39, 0.29) is 6.61 Å². The molecule has 4 rings (SSSR count). The standard InChI is InChI=1S/C22H18O7/c1-12-7-18-14(9-17(12)27-21(24)11-25-2)15(10-20(23)28-18)19-8-13-5-4-6-16(26-3)22(13)29-19/h4-10H,11H2,1-3H3. The van der Waals surface area contributed by atoms with Crippen molar-refractivity contribution in [3.05, 3.63) is 58.4 Å². The quantitative estimate of drug-likeness (QED) is 0.286. The van der Waals surface area contributed by atoms with Gasteiger partial charge in [-0.2, -0.15) is 0 Å². The minimum atomic E-state index is -0.526. The number of fused-ring (bicyclic) bond motifs is 2. The van der Waals surface area contributed by atoms with Crippen LogP contribution in [0.2, 0.25) is 0 Å². The zero-order valence-electron chi connectivity index (χ0n) is 16.1. The molecule has 0 aliphatic rings. The SMILES string of the molecule is COCC(=O)Oc1cc2c(-c3cc4cccc(OC)c4o3)cc(=O)oc2cc1C. The van der Waals surface area contributed by atoms with Crippen LogP contribution in [0.5, 0.6) is 11.5 Å². The van der Waals surface area contributed by atoms with Crippen molar-refractivity contribution < 1.29 is 27.8 Å². The van der Waals surface area contributed by atoms with E-state index < -0.39 is 11.6 Å². The number of benzene rings is 2. The lowest BCUT2D eigenvalue weighted by Gasteiger charge is -2.10. The van der Waals surface area contributed by atoms with Crippen LogP contribution in [0, 0.1) is 6.92 Å². The van der Waals surface area contributed by atoms with E-state index in [4.69, 9.17) is 23.0 Å². The molecule has 2 aromatic carbocycles. The highest BCUT2D eigenvalue weighted by atomic mass is 16.6. The van der Waals surface area contributed by atoms with E-state index in [1.165, 1.54) is 13.2 Å². The van der Waals surface area contributed by atoms with E-state index in [0.29, 0.717) is 44.9 Å². The first-order valence-corrected chi connectivity index (χ1v) is 8.85. The number of hydrogen-bond acceptors (Lipinski definition) is 7. The highest BCUT2D eigenvalue weighted by molar-refractivity contribution is 5.97. The third-order valence-electron chi connectivity index (χ3n) is 4.52. The maximum atomic E-state index is 12.1. The Balaban J connectivity index is 1.92. The number of furan rings is 1. The predicted octanol–water partition coefficient (Wildman–Crippen LogP) is 4.08. The Morgan fingerprint density at radius 1 is 1.03 bits per heavy atom. The molecule has 0 saturated heterocycles. The summed E-state index contributed by atoms with van der Waals surface area (Å²) in [6, 6.07) is 12.0. The van der Waals surface area contributed by atoms with E-state index >= 15 is 0 Å². The lowest BCUT2D eigenvalue weighted by Crippen LogP contribution is -2.14. The van der Waals surface area contributed by atoms with Crippen LogP contribution in [-0.2, 0) is 9.53 Å². The molecule has 2 heterocycles. The van der Waals surface area contributed by atoms with Crippen molar-refractivity contribution in [2.75, 3.05) is 20.8 Å². The summed E-state index contributed by atoms with van der Waals surface area (Å²) in [5, 5.41) is 1.41. The van der Waals surface area contributed by atoms with Crippen LogP contribution in [0.4, 0.5) is 0 Å². The van der Waals surface area contributed by atoms with Crippen LogP contribution in [-0.4, -0.2) is 26.8 Å². The first kappa shape index (κ1) is 18.8. The van der Waals surface area contributed by atoms with Crippen molar-refractivity contribution in [1.29, 1.82) is 0 Å². The van der Waals surface area contributed by atoms with Gasteiger partial charge in [0.2, 0.25) is 0 Å². The number of hydrogen-bond donors (Lipinski definition) is 0. The number of ether oxygens (including phenoxy) is 3. The summed E-state index contributed by atoms with van der Waals surface area (Å²) < 4.78 is 26.9. The fourth-order valence-electron chi connectivity index (χ4n) is 3.20. The Morgan fingerprint density at radius 3 is 2.62 bits per heavy atom. The highest BCUT2D eigenvalue weighted by Crippen LogP contribution is 2.37. The van der Waals surface area contributed by atoms with Gasteiger partial charge < -0.3 is 23.0 Å². The normalized spacial score (nSPS) is 11.1. The summed E-state index contributed by atoms with van der Waals surface area (Å²) in [7, 11) is 2.98. The molecular weight excluding hydrogens is 376 g/mol. The van der Waals surface area contributed by atoms with Crippen molar-refractivity contribution in [2.45, 2.75) is 6.92 Å². The number of carbonyl (C=O) groups is 1. The number of para-hydroxylation sites is 1. The minimum Gasteiger partial charge on any atom is -0.493 e. The van der Waals surface area contributed by atoms with Gasteiger partial charge in [0.15, 0.2) is 11.3 Å². The number of aryl methyl sites for hydroxylation is 1. The molecular formula is C22H18O7. The predicted molar refractivity (Wildman–Crippen MR) is 106 cm³/mol. The third kappa shape index (κ3) is 3.48. The topological polar surface area (TPSA) is 88.1 Å². The van der Waals surface area contributed by atoms with Gasteiger partial charge in [-0.1, -0.05) is 12.1 Å². The van der Waals surface area contributed by atoms with Crippen molar-refractivity contribution in [3.8, 4) is 22.8 Å². The van der Waals surface area contributed by atoms with Crippen molar-refractivity contribution in [1.82, 2.24) is 0 Å². The Hall–Kier alpha value is -3.58. The van der Waals surface area contributed by atoms with Crippen LogP contribution < -0.4 is 15.1 Å². The average Bonchev–Trinajstić information content (AvgIpc) is 3.12. The van der Waals surface area contributed by atoms with Crippen LogP contribution in [0.15, 0.2) is 56.1 Å². The van der Waals surface area contributed by atoms with Gasteiger partial charge in [0, 0.05) is 29.5 Å². The van der Waals surface area contributed by atoms with Crippen LogP contribution in [0.1, 0.15) is 5.56 Å². The van der Waals surface area contributed by atoms with Crippen LogP contribution in [0.25, 0.3) is 33.3 Å². The van der Waals surface area contributed by atoms with E-state index in [9.17, 15) is 9.59 Å². The Kier molecular flexibility index (Phi) is 4.82. The van der Waals surface area contributed by atoms with Crippen molar-refractivity contribution in [3.63, 3.8) is 0 Å². The molecule has 0 amide bonds. The molecule has 0 bridgehead atoms. The third-order valence-corrected chi connectivity index (χ3v) is 4.52. The molecule has 0 N–H and O–H groups in total. The summed E-state index contributed by atoms with van der Waals surface area (Å²) in [5.41, 5.74) is 1.60. The lowest BCUT2D eigenvalue weighted by molar-refractivity contribution is -0.138. The lowest BCUT2D eigenvalue weighted by atomic mass is 10.0. The van der Waals surface area contributed by atoms with Crippen LogP contribution >= 0.6 is 0 Å². The van der Waals surface area contributed by atoms with Crippen molar-refractivity contribution >= 4 is 27.9 Å². The molecule has 0 fully saturated rings. The maximum absolute atomic E-state index is 12.1. The Labute approximate surface area is 165 Å². The molecule has 0 unspecified atom stereocenters. The van der Waals surface area contributed by atoms with Gasteiger partial charge in [-0.05, 0) is 36.8 Å². The summed E-state index contributed by atoms with van der Waals surface area (Å²) >= 11 is 0. The Morgan fingerprint density at radius 2 is 1.86 bits per heavy atom. The van der Waals surface area contributed by atoms with E-state index in [0.717, 1.165) is 5.39 Å². The molecule has 148 valence electrons. The second-order valence-corrected chi connectivity index (χ2v) is 6.49. The van der Waals surface area contributed by atoms with Gasteiger partial charge >= 0.3 is 11.6 Å². The summed E-state index contributed by atoms with van der Waals surface area (Å²) in [5.74, 6) is 0.886. The number of rotatable bonds is 5. The molecule has 0 radical (unpaired) electrons. The van der Waals surface area contributed by atoms with Gasteiger partial charge in [0.25, 0.3) is 0 Å². The smallest absolute Gasteiger partial charge is 0.337 e. The van der Waals surface area contributed by atoms with Gasteiger partial charge in [-0.15, -0.1) is 0 Å². The zero-order valence-corrected chi connectivity index (χ0v) is 16.1. The highest BCUT2D eigenvalue weighted by Gasteiger charge is 2.17. The van der Waals surface area contributed by atoms with Gasteiger partial charge in [0.05, 0.1) is 7.11 Å². The molecule has 0 aliphatic heterocycles. The van der Waals surface area contributed by atoms with E-state index in [2.05, 4.69) is 0 Å². The van der Waals surface area contributed by atoms with Crippen molar-refractivity contribution in [2.24, 2.45) is 0 Å². The molecule has 0 saturated carbocycles. The first-order chi connectivity index (χ1) is 14.0. The molecule has 7 heteroatoms. The number of methoxy groups -OCH3 is 2. The second-order valence-electron chi connectivity index (χ2n) is 6.49. The molecule has 4 aromatic rings. The molecule has 29 heavy (non-hydrogen) atoms. The molecule has 0 atom stereocenters. The number of esters is 1. The first-order valence-electron chi connectivity index (χ1n) is 8.85. The fourth-order valence-corrected chi connectivity index (χ4v) is 3.20. The van der Waals surface area contributed by atoms with Gasteiger partial charge in [-0.25, -0.2) is 9.59 Å².